The van der Waals surface area contributed by atoms with Crippen molar-refractivity contribution < 1.29 is 76.1 Å². The number of aliphatic carboxylic acids is 3. The molecule has 0 aromatic heterocycles. The lowest BCUT2D eigenvalue weighted by Gasteiger charge is -2.17. The molecule has 0 heterocycles. The molecule has 0 fully saturated rings. The fraction of sp³-hybridized carbons (Fsp3) is 0.161. The third-order valence-electron chi connectivity index (χ3n) is 5.47. The first-order chi connectivity index (χ1) is 25.2. The number of alkyl halides is 1. The molecule has 19 nitrogen and oxygen atoms in total. The van der Waals surface area contributed by atoms with Crippen molar-refractivity contribution in [1.82, 2.24) is 0 Å². The predicted octanol–water partition coefficient (Wildman–Crippen LogP) is 7.02. The van der Waals surface area contributed by atoms with Gasteiger partial charge in [0.05, 0.1) is 28.0 Å². The van der Waals surface area contributed by atoms with Crippen molar-refractivity contribution in [2.24, 2.45) is 0 Å². The summed E-state index contributed by atoms with van der Waals surface area (Å²) in [5.41, 5.74) is 0.0749. The van der Waals surface area contributed by atoms with Crippen molar-refractivity contribution in [3.63, 3.8) is 0 Å². The summed E-state index contributed by atoms with van der Waals surface area (Å²) < 4.78 is 58.4. The molecule has 0 aliphatic carbocycles. The molecule has 0 spiro atoms. The molecule has 3 aromatic rings. The van der Waals surface area contributed by atoms with E-state index in [0.717, 1.165) is 24.3 Å². The number of hydrogen-bond donors (Lipinski definition) is 3. The molecule has 0 aliphatic rings. The molecule has 0 amide bonds. The van der Waals surface area contributed by atoms with Crippen LogP contribution in [0.5, 0.6) is 0 Å². The normalized spacial score (nSPS) is 11.4. The van der Waals surface area contributed by atoms with Crippen LogP contribution in [0, 0.1) is 30.3 Å². The van der Waals surface area contributed by atoms with Crippen LogP contribution in [-0.2, 0) is 28.0 Å². The van der Waals surface area contributed by atoms with Crippen LogP contribution in [0.1, 0.15) is 35.3 Å². The van der Waals surface area contributed by atoms with Gasteiger partial charge in [-0.15, -0.1) is 0 Å². The van der Waals surface area contributed by atoms with Gasteiger partial charge in [-0.1, -0.05) is 36.4 Å². The monoisotopic (exact) mass is 787 g/mol. The third kappa shape index (κ3) is 17.5. The number of carboxylic acid groups (broad SMARTS) is 3. The van der Waals surface area contributed by atoms with E-state index in [9.17, 15) is 67.3 Å². The van der Waals surface area contributed by atoms with E-state index in [-0.39, 0.29) is 41.4 Å². The first kappa shape index (κ1) is 47.4. The molecule has 0 saturated carbocycles. The molecule has 23 heteroatoms. The third-order valence-corrected chi connectivity index (χ3v) is 7.49. The topological polar surface area (TPSA) is 294 Å². The smallest absolute Gasteiger partial charge is 0.376 e. The first-order valence-corrected chi connectivity index (χ1v) is 16.0. The van der Waals surface area contributed by atoms with Crippen LogP contribution < -0.4 is 0 Å². The highest BCUT2D eigenvalue weighted by Crippen LogP contribution is 2.53. The molecular formula is C31H29F3N3O16P. The molecule has 0 radical (unpaired) electrons. The Bertz CT molecular complexity index is 1850. The average molecular weight is 788 g/mol. The lowest BCUT2D eigenvalue weighted by atomic mass is 10.2. The lowest BCUT2D eigenvalue weighted by molar-refractivity contribution is -0.385. The van der Waals surface area contributed by atoms with Gasteiger partial charge in [-0.25, -0.2) is 18.8 Å². The largest absolute Gasteiger partial charge is 0.479 e. The van der Waals surface area contributed by atoms with Crippen molar-refractivity contribution in [1.29, 1.82) is 0 Å². The Morgan fingerprint density at radius 2 is 1.02 bits per heavy atom. The molecule has 290 valence electrons. The van der Waals surface area contributed by atoms with Gasteiger partial charge in [-0.2, -0.15) is 8.78 Å². The number of benzene rings is 3. The molecule has 3 aromatic carbocycles. The highest BCUT2D eigenvalue weighted by atomic mass is 31.2. The van der Waals surface area contributed by atoms with Crippen molar-refractivity contribution in [3.8, 4) is 0 Å². The summed E-state index contributed by atoms with van der Waals surface area (Å²) in [5.74, 6) is -10.6. The minimum absolute atomic E-state index is 0.0606. The lowest BCUT2D eigenvalue weighted by Crippen LogP contribution is -2.18. The minimum Gasteiger partial charge on any atom is -0.479 e. The highest BCUT2D eigenvalue weighted by Gasteiger charge is 2.41. The Morgan fingerprint density at radius 1 is 0.704 bits per heavy atom. The van der Waals surface area contributed by atoms with Crippen LogP contribution >= 0.6 is 7.60 Å². The molecule has 1 atom stereocenters. The zero-order valence-electron chi connectivity index (χ0n) is 27.7. The summed E-state index contributed by atoms with van der Waals surface area (Å²) in [4.78, 5) is 69.7. The van der Waals surface area contributed by atoms with Crippen LogP contribution in [0.2, 0.25) is 0 Å². The Balaban J connectivity index is 0.000000698. The van der Waals surface area contributed by atoms with Crippen LogP contribution in [0.3, 0.4) is 0 Å². The number of nitro groups is 3. The predicted molar refractivity (Wildman–Crippen MR) is 182 cm³/mol. The Hall–Kier alpha value is -6.64. The van der Waals surface area contributed by atoms with Gasteiger partial charge in [0.2, 0.25) is 11.7 Å². The molecule has 0 aliphatic heterocycles. The molecule has 0 bridgehead atoms. The first-order valence-electron chi connectivity index (χ1n) is 14.4. The van der Waals surface area contributed by atoms with Gasteiger partial charge in [0.1, 0.15) is 6.29 Å². The summed E-state index contributed by atoms with van der Waals surface area (Å²) in [5, 5.41) is 55.6. The van der Waals surface area contributed by atoms with E-state index in [2.05, 4.69) is 9.05 Å². The number of nitrogens with zero attached hydrogens (tertiary/aromatic N) is 3. The fourth-order valence-corrected chi connectivity index (χ4v) is 4.57. The Morgan fingerprint density at radius 3 is 1.28 bits per heavy atom. The van der Waals surface area contributed by atoms with Crippen LogP contribution in [0.25, 0.3) is 12.2 Å². The van der Waals surface area contributed by atoms with Crippen molar-refractivity contribution in [2.45, 2.75) is 19.8 Å². The van der Waals surface area contributed by atoms with Crippen LogP contribution in [-0.4, -0.2) is 73.4 Å². The highest BCUT2D eigenvalue weighted by molar-refractivity contribution is 7.55. The van der Waals surface area contributed by atoms with E-state index >= 15 is 0 Å². The maximum Gasteiger partial charge on any atom is 0.376 e. The molecule has 0 saturated heterocycles. The van der Waals surface area contributed by atoms with Crippen molar-refractivity contribution in [2.75, 3.05) is 13.2 Å². The Kier molecular flexibility index (Phi) is 20.8. The maximum absolute atomic E-state index is 12.8. The second kappa shape index (κ2) is 23.8. The van der Waals surface area contributed by atoms with Gasteiger partial charge in [-0.3, -0.25) is 39.7 Å². The summed E-state index contributed by atoms with van der Waals surface area (Å²) >= 11 is 0. The number of carbonyl (C=O) groups excluding carboxylic acids is 1. The molecule has 3 rings (SSSR count). The zero-order valence-corrected chi connectivity index (χ0v) is 28.6. The van der Waals surface area contributed by atoms with Gasteiger partial charge in [0, 0.05) is 42.0 Å². The van der Waals surface area contributed by atoms with E-state index in [4.69, 9.17) is 15.3 Å². The number of nitro benzene ring substituents is 3. The summed E-state index contributed by atoms with van der Waals surface area (Å²) in [6, 6.07) is 15.6. The molecular weight excluding hydrogens is 758 g/mol. The standard InChI is InChI=1S/2C9H6FNO4.C7H5NO3.C6H12FO5P/c2*10-8(9(12)13)5-6-2-1-3-7(4-6)11(14)15;9-5-6-2-1-3-7(4-6)8(10)11;1-3-11-13(10,12-4-2)5(7)6(8)9/h2*1-5H,(H,12,13);1-5H;5H,3-4H2,1-2H3,(H,8,9)/b8-5+;8-5-;;. The Labute approximate surface area is 301 Å². The van der Waals surface area contributed by atoms with Gasteiger partial charge in [0.15, 0.2) is 0 Å². The van der Waals surface area contributed by atoms with E-state index in [1.54, 1.807) is 0 Å². The number of carbonyl (C=O) groups is 4. The van der Waals surface area contributed by atoms with Gasteiger partial charge in [0.25, 0.3) is 23.0 Å². The number of hydrogen-bond acceptors (Lipinski definition) is 13. The number of aldehydes is 1. The van der Waals surface area contributed by atoms with Gasteiger partial charge < -0.3 is 24.4 Å². The number of carboxylic acids is 3. The number of rotatable bonds is 14. The van der Waals surface area contributed by atoms with Crippen molar-refractivity contribution in [3.05, 3.63) is 131 Å². The summed E-state index contributed by atoms with van der Waals surface area (Å²) in [6.45, 7) is 2.82. The fourth-order valence-electron chi connectivity index (χ4n) is 3.25. The van der Waals surface area contributed by atoms with Gasteiger partial charge >= 0.3 is 25.5 Å². The SMILES string of the molecule is CCOP(=O)(OCC)C(F)C(=O)O.O=C(O)/C(F)=C/c1cccc([N+](=O)[O-])c1.O=C(O)/C(F)=C\c1cccc([N+](=O)[O-])c1.O=Cc1cccc([N+](=O)[O-])c1. The van der Waals surface area contributed by atoms with Gasteiger partial charge in [-0.05, 0) is 37.1 Å². The average Bonchev–Trinajstić information content (AvgIpc) is 3.12. The van der Waals surface area contributed by atoms with E-state index in [0.29, 0.717) is 11.8 Å². The number of non-ortho nitro benzene ring substituents is 3. The molecule has 54 heavy (non-hydrogen) atoms. The molecule has 3 N–H and O–H groups in total. The van der Waals surface area contributed by atoms with E-state index in [1.165, 1.54) is 74.5 Å². The second-order valence-corrected chi connectivity index (χ2v) is 11.4. The van der Waals surface area contributed by atoms with Crippen LogP contribution in [0.4, 0.5) is 30.2 Å². The van der Waals surface area contributed by atoms with E-state index in [1.807, 2.05) is 0 Å². The molecule has 1 unspecified atom stereocenters. The zero-order chi connectivity index (χ0) is 41.6. The number of halogens is 3. The summed E-state index contributed by atoms with van der Waals surface area (Å²) in [6.07, 6.45) is 2.01. The second-order valence-electron chi connectivity index (χ2n) is 9.32. The summed E-state index contributed by atoms with van der Waals surface area (Å²) in [7, 11) is -4.13. The van der Waals surface area contributed by atoms with Crippen molar-refractivity contribution >= 4 is 61.0 Å². The maximum atomic E-state index is 12.8. The minimum atomic E-state index is -4.13. The van der Waals surface area contributed by atoms with Crippen LogP contribution in [0.15, 0.2) is 84.5 Å². The van der Waals surface area contributed by atoms with E-state index < -0.39 is 57.8 Å². The quantitative estimate of drug-likeness (QED) is 0.0486.